The largest absolute Gasteiger partial charge is 0.444 e. The molecule has 1 aliphatic heterocycles. The number of rotatable bonds is 3. The van der Waals surface area contributed by atoms with E-state index >= 15 is 0 Å². The van der Waals surface area contributed by atoms with Gasteiger partial charge in [0.2, 0.25) is 0 Å². The molecule has 7 heteroatoms. The van der Waals surface area contributed by atoms with Crippen molar-refractivity contribution in [3.8, 4) is 0 Å². The van der Waals surface area contributed by atoms with Crippen LogP contribution in [0.15, 0.2) is 39.4 Å². The Hall–Kier alpha value is -2.15. The second-order valence-electron chi connectivity index (χ2n) is 5.61. The topological polar surface area (TPSA) is 53.8 Å². The highest BCUT2D eigenvalue weighted by molar-refractivity contribution is 9.10. The Labute approximate surface area is 147 Å². The lowest BCUT2D eigenvalue weighted by atomic mass is 10.1. The normalized spacial score (nSPS) is 14.8. The Morgan fingerprint density at radius 2 is 1.83 bits per heavy atom. The van der Waals surface area contributed by atoms with Gasteiger partial charge in [0.1, 0.15) is 5.82 Å². The molecule has 1 aliphatic rings. The molecule has 0 spiro atoms. The van der Waals surface area contributed by atoms with Crippen LogP contribution in [0.4, 0.5) is 10.1 Å². The maximum atomic E-state index is 14.2. The van der Waals surface area contributed by atoms with Gasteiger partial charge in [-0.25, -0.2) is 4.39 Å². The first-order valence-electron chi connectivity index (χ1n) is 7.56. The number of carbonyl (C=O) groups excluding carboxylic acids is 2. The third kappa shape index (κ3) is 3.36. The van der Waals surface area contributed by atoms with Crippen molar-refractivity contribution in [2.45, 2.75) is 6.92 Å². The van der Waals surface area contributed by atoms with E-state index in [1.807, 2.05) is 4.90 Å². The molecule has 0 aliphatic carbocycles. The van der Waals surface area contributed by atoms with Gasteiger partial charge in [0.25, 0.3) is 5.91 Å². The summed E-state index contributed by atoms with van der Waals surface area (Å²) >= 11 is 3.18. The van der Waals surface area contributed by atoms with E-state index in [2.05, 4.69) is 15.9 Å². The molecule has 0 N–H and O–H groups in total. The van der Waals surface area contributed by atoms with Gasteiger partial charge >= 0.3 is 0 Å². The number of hydrogen-bond donors (Lipinski definition) is 0. The van der Waals surface area contributed by atoms with E-state index in [9.17, 15) is 14.0 Å². The van der Waals surface area contributed by atoms with Crippen LogP contribution in [0, 0.1) is 5.82 Å². The highest BCUT2D eigenvalue weighted by atomic mass is 79.9. The van der Waals surface area contributed by atoms with Crippen molar-refractivity contribution in [1.82, 2.24) is 4.90 Å². The number of amides is 1. The smallest absolute Gasteiger partial charge is 0.289 e. The van der Waals surface area contributed by atoms with Gasteiger partial charge in [-0.05, 0) is 53.2 Å². The van der Waals surface area contributed by atoms with Crippen LogP contribution in [0.1, 0.15) is 27.8 Å². The zero-order valence-corrected chi connectivity index (χ0v) is 14.7. The number of nitrogens with zero attached hydrogens (tertiary/aromatic N) is 2. The molecule has 0 radical (unpaired) electrons. The summed E-state index contributed by atoms with van der Waals surface area (Å²) in [7, 11) is 0. The fraction of sp³-hybridized carbons (Fsp3) is 0.294. The minimum atomic E-state index is -0.419. The summed E-state index contributed by atoms with van der Waals surface area (Å²) in [5, 5.41) is 0. The number of anilines is 1. The fourth-order valence-corrected chi connectivity index (χ4v) is 3.02. The predicted molar refractivity (Wildman–Crippen MR) is 90.9 cm³/mol. The highest BCUT2D eigenvalue weighted by Crippen LogP contribution is 2.23. The van der Waals surface area contributed by atoms with Crippen molar-refractivity contribution in [2.75, 3.05) is 31.1 Å². The average molecular weight is 395 g/mol. The van der Waals surface area contributed by atoms with E-state index in [4.69, 9.17) is 4.42 Å². The second kappa shape index (κ2) is 6.76. The number of halogens is 2. The minimum Gasteiger partial charge on any atom is -0.444 e. The van der Waals surface area contributed by atoms with E-state index in [0.29, 0.717) is 42.1 Å². The summed E-state index contributed by atoms with van der Waals surface area (Å²) in [6.07, 6.45) is 0. The SMILES string of the molecule is CC(=O)c1ccc(N2CCN(C(=O)c3ccc(Br)o3)CC2)c(F)c1. The van der Waals surface area contributed by atoms with Crippen molar-refractivity contribution in [3.63, 3.8) is 0 Å². The summed E-state index contributed by atoms with van der Waals surface area (Å²) in [6.45, 7) is 3.40. The lowest BCUT2D eigenvalue weighted by Crippen LogP contribution is -2.49. The maximum Gasteiger partial charge on any atom is 0.289 e. The van der Waals surface area contributed by atoms with Crippen LogP contribution < -0.4 is 4.90 Å². The summed E-state index contributed by atoms with van der Waals surface area (Å²) in [4.78, 5) is 27.2. The summed E-state index contributed by atoms with van der Waals surface area (Å²) in [5.41, 5.74) is 0.807. The first-order chi connectivity index (χ1) is 11.5. The van der Waals surface area contributed by atoms with E-state index < -0.39 is 5.82 Å². The third-order valence-corrected chi connectivity index (χ3v) is 4.47. The molecular weight excluding hydrogens is 379 g/mol. The van der Waals surface area contributed by atoms with Crippen LogP contribution in [0.2, 0.25) is 0 Å². The number of furan rings is 1. The first-order valence-corrected chi connectivity index (χ1v) is 8.35. The molecule has 1 aromatic heterocycles. The van der Waals surface area contributed by atoms with Crippen LogP contribution in [0.25, 0.3) is 0 Å². The van der Waals surface area contributed by atoms with Gasteiger partial charge in [0.05, 0.1) is 5.69 Å². The van der Waals surface area contributed by atoms with Crippen molar-refractivity contribution < 1.29 is 18.4 Å². The molecule has 0 bridgehead atoms. The Bertz CT molecular complexity index is 782. The second-order valence-corrected chi connectivity index (χ2v) is 6.39. The number of ketones is 1. The fourth-order valence-electron chi connectivity index (χ4n) is 2.72. The van der Waals surface area contributed by atoms with Gasteiger partial charge in [0, 0.05) is 31.7 Å². The van der Waals surface area contributed by atoms with Crippen molar-refractivity contribution in [3.05, 3.63) is 52.1 Å². The molecule has 2 heterocycles. The Balaban J connectivity index is 1.67. The number of carbonyl (C=O) groups is 2. The molecule has 1 fully saturated rings. The van der Waals surface area contributed by atoms with Crippen molar-refractivity contribution in [1.29, 1.82) is 0 Å². The lowest BCUT2D eigenvalue weighted by molar-refractivity contribution is 0.0713. The zero-order valence-electron chi connectivity index (χ0n) is 13.1. The van der Waals surface area contributed by atoms with Crippen molar-refractivity contribution in [2.24, 2.45) is 0 Å². The number of hydrogen-bond acceptors (Lipinski definition) is 4. The third-order valence-electron chi connectivity index (χ3n) is 4.05. The van der Waals surface area contributed by atoms with E-state index in [0.717, 1.165) is 0 Å². The molecule has 1 aromatic carbocycles. The zero-order chi connectivity index (χ0) is 17.3. The van der Waals surface area contributed by atoms with E-state index in [-0.39, 0.29) is 17.5 Å². The van der Waals surface area contributed by atoms with Crippen LogP contribution in [-0.2, 0) is 0 Å². The van der Waals surface area contributed by atoms with Crippen LogP contribution >= 0.6 is 15.9 Å². The van der Waals surface area contributed by atoms with Gasteiger partial charge < -0.3 is 14.2 Å². The summed E-state index contributed by atoms with van der Waals surface area (Å²) in [5.74, 6) is -0.474. The molecule has 5 nitrogen and oxygen atoms in total. The van der Waals surface area contributed by atoms with Gasteiger partial charge in [-0.15, -0.1) is 0 Å². The molecule has 0 atom stereocenters. The van der Waals surface area contributed by atoms with Crippen LogP contribution in [0.3, 0.4) is 0 Å². The van der Waals surface area contributed by atoms with Crippen molar-refractivity contribution >= 4 is 33.3 Å². The Kier molecular flexibility index (Phi) is 4.71. The molecule has 24 heavy (non-hydrogen) atoms. The highest BCUT2D eigenvalue weighted by Gasteiger charge is 2.25. The van der Waals surface area contributed by atoms with E-state index in [1.54, 1.807) is 29.2 Å². The van der Waals surface area contributed by atoms with E-state index in [1.165, 1.54) is 13.0 Å². The van der Waals surface area contributed by atoms with Crippen LogP contribution in [-0.4, -0.2) is 42.8 Å². The van der Waals surface area contributed by atoms with Gasteiger partial charge in [0.15, 0.2) is 16.2 Å². The number of piperazine rings is 1. The summed E-state index contributed by atoms with van der Waals surface area (Å²) in [6, 6.07) is 7.80. The molecule has 1 saturated heterocycles. The number of Topliss-reactive ketones (excluding diaryl/α,β-unsaturated/α-hetero) is 1. The Morgan fingerprint density at radius 1 is 1.12 bits per heavy atom. The molecule has 3 rings (SSSR count). The Morgan fingerprint density at radius 3 is 2.38 bits per heavy atom. The maximum absolute atomic E-state index is 14.2. The monoisotopic (exact) mass is 394 g/mol. The molecule has 1 amide bonds. The minimum absolute atomic E-state index is 0.166. The average Bonchev–Trinajstić information content (AvgIpc) is 3.00. The van der Waals surface area contributed by atoms with Crippen LogP contribution in [0.5, 0.6) is 0 Å². The molecule has 126 valence electrons. The van der Waals surface area contributed by atoms with Gasteiger partial charge in [-0.3, -0.25) is 9.59 Å². The standard InChI is InChI=1S/C17H16BrFN2O3/c1-11(22)12-2-3-14(13(19)10-12)20-6-8-21(9-7-20)17(23)15-4-5-16(18)24-15/h2-5,10H,6-9H2,1H3. The first kappa shape index (κ1) is 16.7. The van der Waals surface area contributed by atoms with Gasteiger partial charge in [-0.1, -0.05) is 0 Å². The van der Waals surface area contributed by atoms with Gasteiger partial charge in [-0.2, -0.15) is 0 Å². The predicted octanol–water partition coefficient (Wildman–Crippen LogP) is 3.35. The molecule has 0 saturated carbocycles. The molecule has 0 unspecified atom stereocenters. The quantitative estimate of drug-likeness (QED) is 0.749. The lowest BCUT2D eigenvalue weighted by Gasteiger charge is -2.35. The number of benzene rings is 1. The summed E-state index contributed by atoms with van der Waals surface area (Å²) < 4.78 is 20.0. The molecule has 2 aromatic rings. The molecular formula is C17H16BrFN2O3.